The smallest absolute Gasteiger partial charge is 0.301 e. The Morgan fingerprint density at radius 2 is 1.86 bits per heavy atom. The first-order valence-corrected chi connectivity index (χ1v) is 12.1. The summed E-state index contributed by atoms with van der Waals surface area (Å²) in [5, 5.41) is 12.1. The molecule has 0 radical (unpaired) electrons. The number of hydrogen-bond acceptors (Lipinski definition) is 6. The number of nitrogens with zero attached hydrogens (tertiary/aromatic N) is 2. The van der Waals surface area contributed by atoms with E-state index in [1.807, 2.05) is 26.0 Å². The maximum Gasteiger partial charge on any atom is 0.301 e. The molecule has 0 bridgehead atoms. The largest absolute Gasteiger partial charge is 0.507 e. The molecular weight excluding hydrogens is 484 g/mol. The Balaban J connectivity index is 1.75. The van der Waals surface area contributed by atoms with Gasteiger partial charge in [-0.05, 0) is 60.9 Å². The molecule has 35 heavy (non-hydrogen) atoms. The predicted octanol–water partition coefficient (Wildman–Crippen LogP) is 6.20. The summed E-state index contributed by atoms with van der Waals surface area (Å²) in [5.41, 5.74) is 3.76. The van der Waals surface area contributed by atoms with Gasteiger partial charge in [-0.25, -0.2) is 4.98 Å². The number of aliphatic hydroxyl groups excluding tert-OH is 1. The minimum atomic E-state index is -0.901. The minimum Gasteiger partial charge on any atom is -0.507 e. The number of thiazole rings is 1. The quantitative estimate of drug-likeness (QED) is 0.203. The second-order valence-corrected chi connectivity index (χ2v) is 9.83. The minimum absolute atomic E-state index is 0.0299. The van der Waals surface area contributed by atoms with Crippen LogP contribution >= 0.6 is 22.9 Å². The zero-order valence-electron chi connectivity index (χ0n) is 19.2. The number of Topliss-reactive ketones (excluding diaryl/α,β-unsaturated/α-hetero) is 1. The lowest BCUT2D eigenvalue weighted by Gasteiger charge is -2.23. The predicted molar refractivity (Wildman–Crippen MR) is 138 cm³/mol. The van der Waals surface area contributed by atoms with Crippen molar-refractivity contribution in [1.82, 2.24) is 4.98 Å². The summed E-state index contributed by atoms with van der Waals surface area (Å²) in [5.74, 6) is -1.32. The highest BCUT2D eigenvalue weighted by molar-refractivity contribution is 7.22. The van der Waals surface area contributed by atoms with Gasteiger partial charge in [0.25, 0.3) is 5.78 Å². The van der Waals surface area contributed by atoms with E-state index in [9.17, 15) is 14.7 Å². The molecule has 1 fully saturated rings. The lowest BCUT2D eigenvalue weighted by Crippen LogP contribution is -2.29. The number of benzene rings is 3. The fourth-order valence-electron chi connectivity index (χ4n) is 4.41. The number of halogens is 1. The molecule has 2 heterocycles. The number of fused-ring (bicyclic) bond motifs is 1. The molecule has 1 saturated heterocycles. The number of ketones is 1. The molecular formula is C27H21ClN2O4S. The zero-order chi connectivity index (χ0) is 24.9. The van der Waals surface area contributed by atoms with E-state index < -0.39 is 17.7 Å². The van der Waals surface area contributed by atoms with Gasteiger partial charge in [-0.15, -0.1) is 0 Å². The molecule has 6 nitrogen and oxygen atoms in total. The molecule has 1 amide bonds. The van der Waals surface area contributed by atoms with Crippen molar-refractivity contribution >= 4 is 55.7 Å². The standard InChI is InChI=1S/C27H21ClN2O4S/c1-14-10-15(2)22-20(11-14)35-27(29-22)30-23(16-6-4-8-18(28)12-16)21(25(32)26(30)33)24(31)17-7-5-9-19(13-17)34-3/h4-13,23,31H,1-3H3. The van der Waals surface area contributed by atoms with Crippen LogP contribution in [-0.4, -0.2) is 28.9 Å². The topological polar surface area (TPSA) is 79.7 Å². The van der Waals surface area contributed by atoms with Crippen LogP contribution in [0.15, 0.2) is 66.2 Å². The zero-order valence-corrected chi connectivity index (χ0v) is 20.8. The Morgan fingerprint density at radius 1 is 1.09 bits per heavy atom. The number of ether oxygens (including phenoxy) is 1. The van der Waals surface area contributed by atoms with E-state index in [0.29, 0.717) is 27.0 Å². The van der Waals surface area contributed by atoms with Gasteiger partial charge in [0.15, 0.2) is 5.13 Å². The number of aromatic nitrogens is 1. The number of carbonyl (C=O) groups is 2. The van der Waals surface area contributed by atoms with Crippen molar-refractivity contribution in [3.8, 4) is 5.75 Å². The van der Waals surface area contributed by atoms with Crippen LogP contribution < -0.4 is 9.64 Å². The van der Waals surface area contributed by atoms with Crippen molar-refractivity contribution in [1.29, 1.82) is 0 Å². The third-order valence-electron chi connectivity index (χ3n) is 5.98. The molecule has 8 heteroatoms. The number of hydrogen-bond donors (Lipinski definition) is 1. The van der Waals surface area contributed by atoms with Crippen molar-refractivity contribution in [3.05, 3.63) is 93.5 Å². The lowest BCUT2D eigenvalue weighted by atomic mass is 9.95. The van der Waals surface area contributed by atoms with E-state index in [4.69, 9.17) is 21.3 Å². The highest BCUT2D eigenvalue weighted by Gasteiger charge is 2.48. The first kappa shape index (κ1) is 23.1. The monoisotopic (exact) mass is 504 g/mol. The van der Waals surface area contributed by atoms with Crippen molar-refractivity contribution < 1.29 is 19.4 Å². The van der Waals surface area contributed by atoms with Gasteiger partial charge < -0.3 is 9.84 Å². The highest BCUT2D eigenvalue weighted by Crippen LogP contribution is 2.45. The van der Waals surface area contributed by atoms with Crippen LogP contribution in [0.2, 0.25) is 5.02 Å². The average Bonchev–Trinajstić information content (AvgIpc) is 3.37. The Morgan fingerprint density at radius 3 is 2.60 bits per heavy atom. The van der Waals surface area contributed by atoms with Gasteiger partial charge in [0, 0.05) is 10.6 Å². The van der Waals surface area contributed by atoms with Gasteiger partial charge in [0.1, 0.15) is 11.5 Å². The summed E-state index contributed by atoms with van der Waals surface area (Å²) >= 11 is 7.61. The van der Waals surface area contributed by atoms with Crippen LogP contribution in [0.4, 0.5) is 5.13 Å². The summed E-state index contributed by atoms with van der Waals surface area (Å²) in [6, 6.07) is 16.8. The molecule has 3 aromatic carbocycles. The van der Waals surface area contributed by atoms with E-state index in [0.717, 1.165) is 21.3 Å². The molecule has 1 aromatic heterocycles. The third kappa shape index (κ3) is 3.96. The van der Waals surface area contributed by atoms with Crippen LogP contribution in [0, 0.1) is 13.8 Å². The van der Waals surface area contributed by atoms with E-state index in [1.165, 1.54) is 23.3 Å². The Kier molecular flexibility index (Phi) is 5.83. The van der Waals surface area contributed by atoms with Crippen molar-refractivity contribution in [2.75, 3.05) is 12.0 Å². The number of anilines is 1. The number of amides is 1. The van der Waals surface area contributed by atoms with E-state index >= 15 is 0 Å². The number of aliphatic hydroxyl groups is 1. The van der Waals surface area contributed by atoms with Crippen LogP contribution in [0.5, 0.6) is 5.75 Å². The molecule has 1 atom stereocenters. The van der Waals surface area contributed by atoms with Gasteiger partial charge in [0.05, 0.1) is 28.9 Å². The van der Waals surface area contributed by atoms with Gasteiger partial charge in [-0.1, -0.05) is 53.3 Å². The Bertz CT molecular complexity index is 1540. The van der Waals surface area contributed by atoms with Crippen molar-refractivity contribution in [3.63, 3.8) is 0 Å². The van der Waals surface area contributed by atoms with Crippen molar-refractivity contribution in [2.24, 2.45) is 0 Å². The number of rotatable bonds is 4. The fourth-order valence-corrected chi connectivity index (χ4v) is 5.78. The van der Waals surface area contributed by atoms with Crippen LogP contribution in [-0.2, 0) is 9.59 Å². The summed E-state index contributed by atoms with van der Waals surface area (Å²) < 4.78 is 6.18. The molecule has 176 valence electrons. The SMILES string of the molecule is COc1cccc(C(O)=C2C(=O)C(=O)N(c3nc4c(C)cc(C)cc4s3)C2c2cccc(Cl)c2)c1. The fraction of sp³-hybridized carbons (Fsp3) is 0.148. The molecule has 1 aliphatic rings. The van der Waals surface area contributed by atoms with E-state index in [1.54, 1.807) is 48.5 Å². The number of aryl methyl sites for hydroxylation is 2. The molecule has 1 aliphatic heterocycles. The lowest BCUT2D eigenvalue weighted by molar-refractivity contribution is -0.132. The summed E-state index contributed by atoms with van der Waals surface area (Å²) in [6.07, 6.45) is 0. The molecule has 0 saturated carbocycles. The summed E-state index contributed by atoms with van der Waals surface area (Å²) in [7, 11) is 1.51. The van der Waals surface area contributed by atoms with Gasteiger partial charge in [-0.3, -0.25) is 14.5 Å². The molecule has 1 unspecified atom stereocenters. The van der Waals surface area contributed by atoms with Gasteiger partial charge in [-0.2, -0.15) is 0 Å². The maximum absolute atomic E-state index is 13.4. The van der Waals surface area contributed by atoms with Crippen LogP contribution in [0.1, 0.15) is 28.3 Å². The Labute approximate surface area is 211 Å². The molecule has 0 aliphatic carbocycles. The first-order valence-electron chi connectivity index (χ1n) is 10.9. The van der Waals surface area contributed by atoms with Crippen molar-refractivity contribution in [2.45, 2.75) is 19.9 Å². The second kappa shape index (κ2) is 8.83. The van der Waals surface area contributed by atoms with Gasteiger partial charge >= 0.3 is 5.91 Å². The summed E-state index contributed by atoms with van der Waals surface area (Å²) in [4.78, 5) is 32.9. The molecule has 0 spiro atoms. The maximum atomic E-state index is 13.4. The Hall–Kier alpha value is -3.68. The normalized spacial score (nSPS) is 17.4. The van der Waals surface area contributed by atoms with Crippen LogP contribution in [0.3, 0.4) is 0 Å². The van der Waals surface area contributed by atoms with Gasteiger partial charge in [0.2, 0.25) is 0 Å². The second-order valence-electron chi connectivity index (χ2n) is 8.38. The summed E-state index contributed by atoms with van der Waals surface area (Å²) in [6.45, 7) is 3.96. The number of methoxy groups -OCH3 is 1. The van der Waals surface area contributed by atoms with Crippen LogP contribution in [0.25, 0.3) is 16.0 Å². The molecule has 5 rings (SSSR count). The number of carbonyl (C=O) groups excluding carboxylic acids is 2. The molecule has 1 N–H and O–H groups in total. The van der Waals surface area contributed by atoms with E-state index in [-0.39, 0.29) is 11.3 Å². The highest BCUT2D eigenvalue weighted by atomic mass is 35.5. The first-order chi connectivity index (χ1) is 16.8. The molecule has 4 aromatic rings. The third-order valence-corrected chi connectivity index (χ3v) is 7.21. The van der Waals surface area contributed by atoms with E-state index in [2.05, 4.69) is 0 Å². The average molecular weight is 505 g/mol.